The zero-order valence-corrected chi connectivity index (χ0v) is 17.6. The third-order valence-corrected chi connectivity index (χ3v) is 6.10. The maximum Gasteiger partial charge on any atom is 0.475 e. The number of nitrogens with zero attached hydrogens (tertiary/aromatic N) is 1. The first-order valence-electron chi connectivity index (χ1n) is 9.74. The number of rotatable bonds is 8. The molecule has 2 aromatic heterocycles. The molecule has 1 atom stereocenters. The molecule has 10 heteroatoms. The highest BCUT2D eigenvalue weighted by Gasteiger charge is 2.27. The van der Waals surface area contributed by atoms with Crippen LogP contribution in [0, 0.1) is 0 Å². The van der Waals surface area contributed by atoms with Gasteiger partial charge in [0.25, 0.3) is 0 Å². The van der Waals surface area contributed by atoms with Crippen LogP contribution in [0.5, 0.6) is 5.75 Å². The maximum absolute atomic E-state index is 12.5. The molecule has 0 spiro atoms. The smallest absolute Gasteiger partial charge is 0.475 e. The number of ether oxygens (including phenoxy) is 1. The molecule has 4 aromatic rings. The van der Waals surface area contributed by atoms with Crippen molar-refractivity contribution in [3.05, 3.63) is 64.0 Å². The van der Waals surface area contributed by atoms with Crippen LogP contribution in [-0.4, -0.2) is 40.7 Å². The molecule has 0 aliphatic rings. The average molecular weight is 440 g/mol. The third-order valence-electron chi connectivity index (χ3n) is 5.14. The summed E-state index contributed by atoms with van der Waals surface area (Å²) in [4.78, 5) is 24.6. The van der Waals surface area contributed by atoms with E-state index in [0.29, 0.717) is 16.9 Å². The van der Waals surface area contributed by atoms with E-state index >= 15 is 0 Å². The van der Waals surface area contributed by atoms with Gasteiger partial charge in [-0.3, -0.25) is 14.2 Å². The quantitative estimate of drug-likeness (QED) is 0.361. The lowest BCUT2D eigenvalue weighted by Gasteiger charge is -2.17. The largest absolute Gasteiger partial charge is 0.497 e. The van der Waals surface area contributed by atoms with Gasteiger partial charge in [-0.15, -0.1) is 0 Å². The van der Waals surface area contributed by atoms with Crippen molar-refractivity contribution in [3.8, 4) is 5.75 Å². The highest BCUT2D eigenvalue weighted by molar-refractivity contribution is 7.16. The first kappa shape index (κ1) is 21.2. The molecule has 0 bridgehead atoms. The van der Waals surface area contributed by atoms with Crippen LogP contribution >= 0.6 is 11.3 Å². The second-order valence-electron chi connectivity index (χ2n) is 7.15. The van der Waals surface area contributed by atoms with E-state index in [1.165, 1.54) is 6.26 Å². The molecule has 0 aliphatic carbocycles. The molecule has 0 fully saturated rings. The molecule has 1 amide bonds. The van der Waals surface area contributed by atoms with Gasteiger partial charge in [-0.25, -0.2) is 0 Å². The second-order valence-corrected chi connectivity index (χ2v) is 8.15. The molecule has 0 aliphatic heterocycles. The Morgan fingerprint density at radius 3 is 2.87 bits per heavy atom. The summed E-state index contributed by atoms with van der Waals surface area (Å²) in [5.74, 6) is -0.671. The van der Waals surface area contributed by atoms with Crippen LogP contribution < -0.4 is 14.9 Å². The van der Waals surface area contributed by atoms with Gasteiger partial charge in [0.2, 0.25) is 5.91 Å². The van der Waals surface area contributed by atoms with Crippen molar-refractivity contribution in [2.75, 3.05) is 7.11 Å². The number of aromatic nitrogens is 1. The monoisotopic (exact) mass is 440 g/mol. The number of benzene rings is 2. The number of amides is 1. The number of hydrogen-bond donors (Lipinski definition) is 3. The number of carbonyl (C=O) groups excluding carboxylic acids is 1. The van der Waals surface area contributed by atoms with E-state index in [-0.39, 0.29) is 30.2 Å². The van der Waals surface area contributed by atoms with Crippen molar-refractivity contribution in [3.63, 3.8) is 0 Å². The van der Waals surface area contributed by atoms with Crippen molar-refractivity contribution in [1.82, 2.24) is 9.88 Å². The van der Waals surface area contributed by atoms with E-state index < -0.39 is 13.1 Å². The minimum atomic E-state index is -1.76. The lowest BCUT2D eigenvalue weighted by molar-refractivity contribution is -0.121. The number of hydrogen-bond acceptors (Lipinski definition) is 7. The molecule has 4 rings (SSSR count). The number of carbonyl (C=O) groups is 1. The molecule has 0 saturated heterocycles. The molecule has 0 radical (unpaired) electrons. The van der Waals surface area contributed by atoms with Crippen LogP contribution in [0.2, 0.25) is 0 Å². The van der Waals surface area contributed by atoms with Gasteiger partial charge in [-0.05, 0) is 42.3 Å². The Kier molecular flexibility index (Phi) is 6.12. The first-order valence-corrected chi connectivity index (χ1v) is 10.6. The normalized spacial score (nSPS) is 12.2. The fraction of sp³-hybridized carbons (Fsp3) is 0.238. The van der Waals surface area contributed by atoms with Crippen molar-refractivity contribution in [1.29, 1.82) is 0 Å². The van der Waals surface area contributed by atoms with Crippen LogP contribution in [0.15, 0.2) is 57.9 Å². The van der Waals surface area contributed by atoms with Crippen LogP contribution in [0.1, 0.15) is 12.0 Å². The summed E-state index contributed by atoms with van der Waals surface area (Å²) in [6.07, 6.45) is 1.72. The third kappa shape index (κ3) is 4.51. The number of nitrogens with one attached hydrogen (secondary N) is 1. The molecule has 2 aromatic carbocycles. The predicted octanol–water partition coefficient (Wildman–Crippen LogP) is 1.95. The highest BCUT2D eigenvalue weighted by Crippen LogP contribution is 2.26. The number of para-hydroxylation sites is 1. The van der Waals surface area contributed by atoms with Gasteiger partial charge >= 0.3 is 12.0 Å². The summed E-state index contributed by atoms with van der Waals surface area (Å²) in [5.41, 5.74) is 2.13. The van der Waals surface area contributed by atoms with E-state index in [0.717, 1.165) is 26.9 Å². The van der Waals surface area contributed by atoms with Gasteiger partial charge in [0, 0.05) is 18.4 Å². The van der Waals surface area contributed by atoms with E-state index in [2.05, 4.69) is 5.32 Å². The van der Waals surface area contributed by atoms with Crippen LogP contribution in [0.4, 0.5) is 0 Å². The van der Waals surface area contributed by atoms with Gasteiger partial charge < -0.3 is 24.5 Å². The van der Waals surface area contributed by atoms with Crippen LogP contribution in [0.3, 0.4) is 0 Å². The van der Waals surface area contributed by atoms with Gasteiger partial charge in [-0.1, -0.05) is 23.5 Å². The topological polar surface area (TPSA) is 114 Å². The molecule has 1 unspecified atom stereocenters. The Morgan fingerprint density at radius 1 is 1.29 bits per heavy atom. The summed E-state index contributed by atoms with van der Waals surface area (Å²) in [6, 6.07) is 12.7. The number of aryl methyl sites for hydroxylation is 1. The Balaban J connectivity index is 1.45. The Morgan fingerprint density at radius 2 is 2.10 bits per heavy atom. The zero-order valence-electron chi connectivity index (χ0n) is 16.8. The van der Waals surface area contributed by atoms with Gasteiger partial charge in [0.05, 0.1) is 29.5 Å². The second kappa shape index (κ2) is 8.97. The molecule has 2 heterocycles. The fourth-order valence-corrected chi connectivity index (χ4v) is 4.45. The Hall–Kier alpha value is -3.08. The number of furan rings is 1. The van der Waals surface area contributed by atoms with Crippen molar-refractivity contribution in [2.24, 2.45) is 0 Å². The summed E-state index contributed by atoms with van der Waals surface area (Å²) in [7, 11) is -0.201. The van der Waals surface area contributed by atoms with Gasteiger partial charge in [0.15, 0.2) is 0 Å². The van der Waals surface area contributed by atoms with Crippen LogP contribution in [-0.2, 0) is 17.8 Å². The first-order chi connectivity index (χ1) is 15.0. The average Bonchev–Trinajstić information content (AvgIpc) is 3.31. The highest BCUT2D eigenvalue weighted by atomic mass is 32.1. The Bertz CT molecular complexity index is 1280. The molecule has 8 nitrogen and oxygen atoms in total. The lowest BCUT2D eigenvalue weighted by Crippen LogP contribution is -2.48. The molecule has 160 valence electrons. The van der Waals surface area contributed by atoms with E-state index in [1.807, 2.05) is 24.3 Å². The SMILES string of the molecule is COc1ccc2occ(CC(NC(=O)CCn3c(=O)sc4ccccc43)B(O)O)c2c1. The number of fused-ring (bicyclic) bond motifs is 2. The number of methoxy groups -OCH3 is 1. The van der Waals surface area contributed by atoms with Crippen molar-refractivity contribution in [2.45, 2.75) is 25.3 Å². The van der Waals surface area contributed by atoms with Gasteiger partial charge in [-0.2, -0.15) is 0 Å². The maximum atomic E-state index is 12.5. The van der Waals surface area contributed by atoms with Crippen LogP contribution in [0.25, 0.3) is 21.2 Å². The molecule has 0 saturated carbocycles. The standard InChI is InChI=1S/C21H21BN2O6S/c1-29-14-6-7-17-15(11-14)13(12-30-17)10-19(22(27)28)23-20(25)8-9-24-16-4-2-3-5-18(16)31-21(24)26/h2-7,11-12,19,27-28H,8-10H2,1H3,(H,23,25). The van der Waals surface area contributed by atoms with E-state index in [9.17, 15) is 19.6 Å². The van der Waals surface area contributed by atoms with Crippen molar-refractivity contribution < 1.29 is 24.0 Å². The predicted molar refractivity (Wildman–Crippen MR) is 119 cm³/mol. The summed E-state index contributed by atoms with van der Waals surface area (Å²) in [5, 5.41) is 23.0. The summed E-state index contributed by atoms with van der Waals surface area (Å²) in [6.45, 7) is 0.203. The number of thiazole rings is 1. The van der Waals surface area contributed by atoms with Gasteiger partial charge in [0.1, 0.15) is 11.3 Å². The molecular weight excluding hydrogens is 419 g/mol. The molecule has 3 N–H and O–H groups in total. The molecule has 31 heavy (non-hydrogen) atoms. The van der Waals surface area contributed by atoms with E-state index in [1.54, 1.807) is 29.9 Å². The summed E-state index contributed by atoms with van der Waals surface area (Å²) >= 11 is 1.13. The van der Waals surface area contributed by atoms with Crippen molar-refractivity contribution >= 4 is 45.5 Å². The van der Waals surface area contributed by atoms with E-state index in [4.69, 9.17) is 9.15 Å². The minimum Gasteiger partial charge on any atom is -0.497 e. The zero-order chi connectivity index (χ0) is 22.0. The fourth-order valence-electron chi connectivity index (χ4n) is 3.53. The Labute approximate surface area is 181 Å². The lowest BCUT2D eigenvalue weighted by atomic mass is 9.76. The minimum absolute atomic E-state index is 0.0316. The molecular formula is C21H21BN2O6S. The summed E-state index contributed by atoms with van der Waals surface area (Å²) < 4.78 is 13.2.